The predicted molar refractivity (Wildman–Crippen MR) is 129 cm³/mol. The summed E-state index contributed by atoms with van der Waals surface area (Å²) < 4.78 is 9.64. The Balaban J connectivity index is 0.000000196. The van der Waals surface area contributed by atoms with Crippen LogP contribution >= 0.6 is 0 Å². The van der Waals surface area contributed by atoms with Crippen molar-refractivity contribution in [3.05, 3.63) is 60.7 Å². The van der Waals surface area contributed by atoms with Gasteiger partial charge in [-0.1, -0.05) is 36.4 Å². The van der Waals surface area contributed by atoms with Crippen LogP contribution in [0.5, 0.6) is 0 Å². The number of benzene rings is 2. The van der Waals surface area contributed by atoms with Crippen molar-refractivity contribution in [1.82, 2.24) is 0 Å². The van der Waals surface area contributed by atoms with Gasteiger partial charge in [0.25, 0.3) is 5.91 Å². The Morgan fingerprint density at radius 1 is 0.886 bits per heavy atom. The molecule has 2 unspecified atom stereocenters. The van der Waals surface area contributed by atoms with Crippen molar-refractivity contribution in [1.29, 1.82) is 0 Å². The lowest BCUT2D eigenvalue weighted by Gasteiger charge is -2.20. The van der Waals surface area contributed by atoms with Crippen LogP contribution in [0.2, 0.25) is 0 Å². The van der Waals surface area contributed by atoms with Gasteiger partial charge in [0.1, 0.15) is 5.92 Å². The van der Waals surface area contributed by atoms with Crippen LogP contribution in [0, 0.1) is 5.92 Å². The molecule has 2 fully saturated rings. The van der Waals surface area contributed by atoms with Crippen LogP contribution in [0.4, 0.5) is 11.4 Å². The normalized spacial score (nSPS) is 21.4. The molecule has 0 spiro atoms. The van der Waals surface area contributed by atoms with Crippen molar-refractivity contribution in [2.75, 3.05) is 36.1 Å². The van der Waals surface area contributed by atoms with Crippen LogP contribution < -0.4 is 9.80 Å². The molecule has 0 aromatic heterocycles. The molecule has 2 heterocycles. The SMILES string of the molecule is CCOC(=O)C1(O)CCN(c2ccccc2)C1=O.CCOC(=O)C1CCN(c2ccccc2)C1=O. The van der Waals surface area contributed by atoms with Crippen LogP contribution in [-0.2, 0) is 28.7 Å². The van der Waals surface area contributed by atoms with E-state index in [1.54, 1.807) is 43.0 Å². The fraction of sp³-hybridized carbons (Fsp3) is 0.385. The second-order valence-corrected chi connectivity index (χ2v) is 8.04. The Hall–Kier alpha value is -3.72. The molecule has 2 aliphatic rings. The van der Waals surface area contributed by atoms with E-state index in [0.717, 1.165) is 5.69 Å². The second kappa shape index (κ2) is 11.6. The smallest absolute Gasteiger partial charge is 0.348 e. The van der Waals surface area contributed by atoms with E-state index in [9.17, 15) is 24.3 Å². The third kappa shape index (κ3) is 5.68. The Morgan fingerprint density at radius 3 is 1.97 bits per heavy atom. The zero-order chi connectivity index (χ0) is 25.4. The fourth-order valence-corrected chi connectivity index (χ4v) is 4.01. The maximum atomic E-state index is 12.1. The molecule has 0 aliphatic carbocycles. The highest BCUT2D eigenvalue weighted by atomic mass is 16.6. The van der Waals surface area contributed by atoms with Crippen molar-refractivity contribution in [2.45, 2.75) is 32.3 Å². The highest BCUT2D eigenvalue weighted by molar-refractivity contribution is 6.14. The van der Waals surface area contributed by atoms with Gasteiger partial charge in [0, 0.05) is 30.9 Å². The van der Waals surface area contributed by atoms with Gasteiger partial charge < -0.3 is 24.4 Å². The fourth-order valence-electron chi connectivity index (χ4n) is 4.01. The highest BCUT2D eigenvalue weighted by Crippen LogP contribution is 2.29. The molecule has 186 valence electrons. The molecule has 2 aromatic carbocycles. The third-order valence-corrected chi connectivity index (χ3v) is 5.82. The Bertz CT molecular complexity index is 1040. The molecule has 9 nitrogen and oxygen atoms in total. The number of amides is 2. The van der Waals surface area contributed by atoms with E-state index in [0.29, 0.717) is 31.8 Å². The molecular formula is C26H30N2O7. The highest BCUT2D eigenvalue weighted by Gasteiger charge is 2.53. The van der Waals surface area contributed by atoms with Crippen molar-refractivity contribution < 1.29 is 33.8 Å². The first kappa shape index (κ1) is 25.9. The molecule has 2 amide bonds. The lowest BCUT2D eigenvalue weighted by Crippen LogP contribution is -2.47. The van der Waals surface area contributed by atoms with E-state index in [2.05, 4.69) is 0 Å². The molecule has 9 heteroatoms. The van der Waals surface area contributed by atoms with E-state index in [1.807, 2.05) is 36.4 Å². The van der Waals surface area contributed by atoms with Crippen LogP contribution in [-0.4, -0.2) is 60.8 Å². The molecule has 2 aromatic rings. The molecule has 2 atom stereocenters. The van der Waals surface area contributed by atoms with E-state index in [-0.39, 0.29) is 18.9 Å². The Labute approximate surface area is 204 Å². The average molecular weight is 483 g/mol. The van der Waals surface area contributed by atoms with E-state index in [1.165, 1.54) is 4.90 Å². The van der Waals surface area contributed by atoms with Crippen molar-refractivity contribution in [3.63, 3.8) is 0 Å². The summed E-state index contributed by atoms with van der Waals surface area (Å²) in [6.45, 7) is 4.71. The van der Waals surface area contributed by atoms with Crippen LogP contribution in [0.15, 0.2) is 60.7 Å². The first-order valence-electron chi connectivity index (χ1n) is 11.6. The van der Waals surface area contributed by atoms with Crippen molar-refractivity contribution in [2.24, 2.45) is 5.92 Å². The summed E-state index contributed by atoms with van der Waals surface area (Å²) in [4.78, 5) is 50.4. The number of para-hydroxylation sites is 2. The van der Waals surface area contributed by atoms with E-state index >= 15 is 0 Å². The molecule has 0 radical (unpaired) electrons. The standard InChI is InChI=1S/C13H15NO4.C13H15NO3/c1-2-18-12(16)13(17)8-9-14(11(13)15)10-6-4-3-5-7-10;1-2-17-13(16)11-8-9-14(12(11)15)10-6-4-3-5-7-10/h3-7,17H,2,8-9H2,1H3;3-7,11H,2,8-9H2,1H3. The Kier molecular flexibility index (Phi) is 8.59. The van der Waals surface area contributed by atoms with Crippen molar-refractivity contribution in [3.8, 4) is 0 Å². The van der Waals surface area contributed by atoms with Crippen LogP contribution in [0.25, 0.3) is 0 Å². The first-order valence-corrected chi connectivity index (χ1v) is 11.6. The number of anilines is 2. The molecule has 0 saturated carbocycles. The number of carbonyl (C=O) groups is 4. The zero-order valence-electron chi connectivity index (χ0n) is 19.9. The predicted octanol–water partition coefficient (Wildman–Crippen LogP) is 2.32. The summed E-state index contributed by atoms with van der Waals surface area (Å²) in [6.07, 6.45) is 0.589. The molecule has 2 aliphatic heterocycles. The molecule has 0 bridgehead atoms. The van der Waals surface area contributed by atoms with E-state index < -0.39 is 29.4 Å². The topological polar surface area (TPSA) is 113 Å². The van der Waals surface area contributed by atoms with Gasteiger partial charge in [-0.2, -0.15) is 0 Å². The second-order valence-electron chi connectivity index (χ2n) is 8.04. The minimum Gasteiger partial charge on any atom is -0.465 e. The number of ether oxygens (including phenoxy) is 2. The molecular weight excluding hydrogens is 452 g/mol. The largest absolute Gasteiger partial charge is 0.465 e. The van der Waals surface area contributed by atoms with Gasteiger partial charge in [-0.25, -0.2) is 4.79 Å². The minimum absolute atomic E-state index is 0.0551. The lowest BCUT2D eigenvalue weighted by atomic mass is 10.0. The third-order valence-electron chi connectivity index (χ3n) is 5.82. The molecule has 4 rings (SSSR count). The number of hydrogen-bond acceptors (Lipinski definition) is 7. The van der Waals surface area contributed by atoms with Gasteiger partial charge in [-0.05, 0) is 44.5 Å². The maximum Gasteiger partial charge on any atom is 0.348 e. The number of rotatable bonds is 6. The molecule has 2 saturated heterocycles. The Morgan fingerprint density at radius 2 is 1.43 bits per heavy atom. The number of aliphatic hydroxyl groups is 1. The van der Waals surface area contributed by atoms with Gasteiger partial charge in [0.15, 0.2) is 0 Å². The number of carbonyl (C=O) groups excluding carboxylic acids is 4. The number of hydrogen-bond donors (Lipinski definition) is 1. The first-order chi connectivity index (χ1) is 16.8. The van der Waals surface area contributed by atoms with Gasteiger partial charge in [0.2, 0.25) is 11.5 Å². The van der Waals surface area contributed by atoms with Gasteiger partial charge in [-0.15, -0.1) is 0 Å². The number of esters is 2. The average Bonchev–Trinajstić information content (AvgIpc) is 3.41. The van der Waals surface area contributed by atoms with Crippen LogP contribution in [0.3, 0.4) is 0 Å². The van der Waals surface area contributed by atoms with E-state index in [4.69, 9.17) is 9.47 Å². The summed E-state index contributed by atoms with van der Waals surface area (Å²) in [6, 6.07) is 18.3. The van der Waals surface area contributed by atoms with Crippen LogP contribution in [0.1, 0.15) is 26.7 Å². The van der Waals surface area contributed by atoms with Gasteiger partial charge >= 0.3 is 11.9 Å². The summed E-state index contributed by atoms with van der Waals surface area (Å²) in [5, 5.41) is 10.1. The van der Waals surface area contributed by atoms with Gasteiger partial charge in [0.05, 0.1) is 13.2 Å². The maximum absolute atomic E-state index is 12.1. The molecule has 35 heavy (non-hydrogen) atoms. The summed E-state index contributed by atoms with van der Waals surface area (Å²) in [5.74, 6) is -2.68. The minimum atomic E-state index is -2.04. The summed E-state index contributed by atoms with van der Waals surface area (Å²) in [7, 11) is 0. The van der Waals surface area contributed by atoms with Crippen molar-refractivity contribution >= 4 is 35.1 Å². The summed E-state index contributed by atoms with van der Waals surface area (Å²) >= 11 is 0. The lowest BCUT2D eigenvalue weighted by molar-refractivity contribution is -0.168. The number of nitrogens with zero attached hydrogens (tertiary/aromatic N) is 2. The zero-order valence-corrected chi connectivity index (χ0v) is 19.9. The summed E-state index contributed by atoms with van der Waals surface area (Å²) in [5.41, 5.74) is -0.529. The van der Waals surface area contributed by atoms with Gasteiger partial charge in [-0.3, -0.25) is 14.4 Å². The molecule has 1 N–H and O–H groups in total. The monoisotopic (exact) mass is 482 g/mol. The quantitative estimate of drug-likeness (QED) is 0.497.